The van der Waals surface area contributed by atoms with Crippen molar-refractivity contribution in [1.29, 1.82) is 5.26 Å². The first-order valence-corrected chi connectivity index (χ1v) is 11.1. The van der Waals surface area contributed by atoms with E-state index in [2.05, 4.69) is 30.1 Å². The molecule has 0 spiro atoms. The topological polar surface area (TPSA) is 88.8 Å². The molecule has 0 unspecified atom stereocenters. The first kappa shape index (κ1) is 21.0. The number of nitrogens with zero attached hydrogens (tertiary/aromatic N) is 4. The molecule has 0 bridgehead atoms. The van der Waals surface area contributed by atoms with Gasteiger partial charge < -0.3 is 4.74 Å². The van der Waals surface area contributed by atoms with Crippen LogP contribution in [-0.4, -0.2) is 27.8 Å². The molecule has 0 saturated carbocycles. The highest BCUT2D eigenvalue weighted by molar-refractivity contribution is 6.02. The molecule has 0 fully saturated rings. The summed E-state index contributed by atoms with van der Waals surface area (Å²) in [5.41, 5.74) is 4.38. The summed E-state index contributed by atoms with van der Waals surface area (Å²) in [6, 6.07) is 15.9. The summed E-state index contributed by atoms with van der Waals surface area (Å²) in [7, 11) is 1.58. The molecule has 2 aliphatic carbocycles. The van der Waals surface area contributed by atoms with E-state index in [9.17, 15) is 10.1 Å². The summed E-state index contributed by atoms with van der Waals surface area (Å²) in [6.07, 6.45) is 5.15. The van der Waals surface area contributed by atoms with E-state index >= 15 is 0 Å². The van der Waals surface area contributed by atoms with Gasteiger partial charge in [-0.3, -0.25) is 4.79 Å². The Labute approximate surface area is 193 Å². The SMILES string of the molecule is COc1cc(-c2nc(-c3ccccc3)c3c(n2)[C@]2(C)C=C(C#N)C(=O)[C@H](C)[C@H]2CC3)ccn1. The Kier molecular flexibility index (Phi) is 5.05. The molecule has 0 amide bonds. The highest BCUT2D eigenvalue weighted by Crippen LogP contribution is 2.50. The maximum Gasteiger partial charge on any atom is 0.213 e. The number of carbonyl (C=O) groups excluding carboxylic acids is 1. The first-order chi connectivity index (χ1) is 16.0. The molecule has 2 heterocycles. The number of allylic oxidation sites excluding steroid dienone is 2. The Balaban J connectivity index is 1.80. The number of hydrogen-bond acceptors (Lipinski definition) is 6. The number of Topliss-reactive ketones (excluding diaryl/α,β-unsaturated/α-hetero) is 1. The van der Waals surface area contributed by atoms with Crippen molar-refractivity contribution in [1.82, 2.24) is 15.0 Å². The molecule has 1 aromatic carbocycles. The summed E-state index contributed by atoms with van der Waals surface area (Å²) >= 11 is 0. The fraction of sp³-hybridized carbons (Fsp3) is 0.296. The molecular formula is C27H24N4O2. The number of ketones is 1. The smallest absolute Gasteiger partial charge is 0.213 e. The maximum absolute atomic E-state index is 12.8. The quantitative estimate of drug-likeness (QED) is 0.591. The number of pyridine rings is 1. The summed E-state index contributed by atoms with van der Waals surface area (Å²) in [6.45, 7) is 4.04. The molecule has 164 valence electrons. The van der Waals surface area contributed by atoms with Crippen molar-refractivity contribution < 1.29 is 9.53 Å². The third kappa shape index (κ3) is 3.32. The summed E-state index contributed by atoms with van der Waals surface area (Å²) < 4.78 is 5.31. The van der Waals surface area contributed by atoms with Gasteiger partial charge in [0, 0.05) is 40.3 Å². The van der Waals surface area contributed by atoms with Crippen molar-refractivity contribution in [2.45, 2.75) is 32.1 Å². The van der Waals surface area contributed by atoms with E-state index in [0.717, 1.165) is 40.9 Å². The zero-order chi connectivity index (χ0) is 23.2. The van der Waals surface area contributed by atoms with E-state index < -0.39 is 5.41 Å². The van der Waals surface area contributed by atoms with E-state index in [0.29, 0.717) is 11.7 Å². The minimum Gasteiger partial charge on any atom is -0.481 e. The van der Waals surface area contributed by atoms with E-state index in [1.807, 2.05) is 43.3 Å². The van der Waals surface area contributed by atoms with Crippen LogP contribution >= 0.6 is 0 Å². The third-order valence-corrected chi connectivity index (χ3v) is 7.09. The van der Waals surface area contributed by atoms with E-state index in [4.69, 9.17) is 14.7 Å². The largest absolute Gasteiger partial charge is 0.481 e. The molecule has 3 atom stereocenters. The van der Waals surface area contributed by atoms with Crippen molar-refractivity contribution in [2.75, 3.05) is 7.11 Å². The molecule has 33 heavy (non-hydrogen) atoms. The molecule has 0 saturated heterocycles. The highest BCUT2D eigenvalue weighted by atomic mass is 16.5. The Morgan fingerprint density at radius 2 is 1.94 bits per heavy atom. The van der Waals surface area contributed by atoms with Crippen LogP contribution in [0.4, 0.5) is 0 Å². The van der Waals surface area contributed by atoms with Crippen LogP contribution in [0, 0.1) is 23.2 Å². The highest BCUT2D eigenvalue weighted by Gasteiger charge is 2.49. The second-order valence-corrected chi connectivity index (χ2v) is 8.93. The molecule has 0 N–H and O–H groups in total. The average molecular weight is 437 g/mol. The van der Waals surface area contributed by atoms with Crippen LogP contribution in [0.2, 0.25) is 0 Å². The van der Waals surface area contributed by atoms with Gasteiger partial charge >= 0.3 is 0 Å². The fourth-order valence-electron chi connectivity index (χ4n) is 5.40. The van der Waals surface area contributed by atoms with Gasteiger partial charge in [-0.25, -0.2) is 15.0 Å². The molecule has 0 radical (unpaired) electrons. The van der Waals surface area contributed by atoms with Gasteiger partial charge in [0.25, 0.3) is 0 Å². The lowest BCUT2D eigenvalue weighted by Gasteiger charge is -2.45. The van der Waals surface area contributed by atoms with Crippen LogP contribution in [0.25, 0.3) is 22.6 Å². The number of hydrogen-bond donors (Lipinski definition) is 0. The van der Waals surface area contributed by atoms with Gasteiger partial charge in [0.2, 0.25) is 5.88 Å². The van der Waals surface area contributed by atoms with E-state index in [1.165, 1.54) is 0 Å². The number of aromatic nitrogens is 3. The number of nitriles is 1. The summed E-state index contributed by atoms with van der Waals surface area (Å²) in [5.74, 6) is 0.838. The van der Waals surface area contributed by atoms with Crippen molar-refractivity contribution >= 4 is 5.78 Å². The molecule has 6 nitrogen and oxygen atoms in total. The Morgan fingerprint density at radius 1 is 1.15 bits per heavy atom. The number of carbonyl (C=O) groups is 1. The lowest BCUT2D eigenvalue weighted by molar-refractivity contribution is -0.121. The second kappa shape index (κ2) is 7.93. The lowest BCUT2D eigenvalue weighted by atomic mass is 9.57. The maximum atomic E-state index is 12.8. The summed E-state index contributed by atoms with van der Waals surface area (Å²) in [5, 5.41) is 9.66. The van der Waals surface area contributed by atoms with E-state index in [1.54, 1.807) is 13.3 Å². The van der Waals surface area contributed by atoms with Crippen LogP contribution in [-0.2, 0) is 16.6 Å². The second-order valence-electron chi connectivity index (χ2n) is 8.93. The zero-order valence-electron chi connectivity index (χ0n) is 18.9. The van der Waals surface area contributed by atoms with Crippen molar-refractivity contribution in [2.24, 2.45) is 11.8 Å². The number of methoxy groups -OCH3 is 1. The average Bonchev–Trinajstić information content (AvgIpc) is 2.86. The first-order valence-electron chi connectivity index (χ1n) is 11.1. The Morgan fingerprint density at radius 3 is 2.67 bits per heavy atom. The van der Waals surface area contributed by atoms with Crippen molar-refractivity contribution in [3.8, 4) is 34.6 Å². The van der Waals surface area contributed by atoms with E-state index in [-0.39, 0.29) is 23.2 Å². The van der Waals surface area contributed by atoms with Gasteiger partial charge in [0.05, 0.1) is 24.1 Å². The lowest BCUT2D eigenvalue weighted by Crippen LogP contribution is -2.46. The monoisotopic (exact) mass is 436 g/mol. The van der Waals surface area contributed by atoms with Crippen LogP contribution in [0.15, 0.2) is 60.3 Å². The minimum atomic E-state index is -0.537. The van der Waals surface area contributed by atoms with Gasteiger partial charge in [-0.15, -0.1) is 0 Å². The molecule has 6 heteroatoms. The standard InChI is InChI=1S/C27H24N4O2/c1-16-21-10-9-20-23(17-7-5-4-6-8-17)30-26(18-11-12-29-22(13-18)33-3)31-25(20)27(21,2)14-19(15-28)24(16)32/h4-8,11-14,16,21H,9-10H2,1-3H3/t16-,21-,27-/m1/s1. The molecule has 0 aliphatic heterocycles. The Bertz CT molecular complexity index is 1330. The van der Waals surface area contributed by atoms with Gasteiger partial charge in [-0.2, -0.15) is 5.26 Å². The minimum absolute atomic E-state index is 0.0696. The fourth-order valence-corrected chi connectivity index (χ4v) is 5.40. The Hall–Kier alpha value is -3.85. The van der Waals surface area contributed by atoms with Gasteiger partial charge in [0.1, 0.15) is 6.07 Å². The van der Waals surface area contributed by atoms with Crippen LogP contribution < -0.4 is 4.74 Å². The molecule has 5 rings (SSSR count). The number of ether oxygens (including phenoxy) is 1. The normalized spacial score (nSPS) is 23.7. The number of rotatable bonds is 3. The van der Waals surface area contributed by atoms with Gasteiger partial charge in [-0.05, 0) is 24.8 Å². The number of fused-ring (bicyclic) bond motifs is 3. The molecule has 2 aromatic heterocycles. The molecule has 3 aromatic rings. The van der Waals surface area contributed by atoms with Gasteiger partial charge in [0.15, 0.2) is 11.6 Å². The molecule has 2 aliphatic rings. The molecular weight excluding hydrogens is 412 g/mol. The van der Waals surface area contributed by atoms with Crippen LogP contribution in [0.1, 0.15) is 31.5 Å². The van der Waals surface area contributed by atoms with Crippen LogP contribution in [0.5, 0.6) is 5.88 Å². The predicted octanol–water partition coefficient (Wildman–Crippen LogP) is 4.70. The van der Waals surface area contributed by atoms with Crippen molar-refractivity contribution in [3.63, 3.8) is 0 Å². The predicted molar refractivity (Wildman–Crippen MR) is 124 cm³/mol. The van der Waals surface area contributed by atoms with Gasteiger partial charge in [-0.1, -0.05) is 50.3 Å². The van der Waals surface area contributed by atoms with Crippen LogP contribution in [0.3, 0.4) is 0 Å². The summed E-state index contributed by atoms with van der Waals surface area (Å²) in [4.78, 5) is 27.0. The zero-order valence-corrected chi connectivity index (χ0v) is 18.9. The number of benzene rings is 1. The van der Waals surface area contributed by atoms with Crippen molar-refractivity contribution in [3.05, 3.63) is 71.6 Å². The third-order valence-electron chi connectivity index (χ3n) is 7.09.